The van der Waals surface area contributed by atoms with Gasteiger partial charge in [-0.2, -0.15) is 4.98 Å². The number of nitrogen functional groups attached to an aromatic ring is 1. The van der Waals surface area contributed by atoms with Gasteiger partial charge in [0.2, 0.25) is 5.95 Å². The molecule has 72 valence electrons. The van der Waals surface area contributed by atoms with Crippen LogP contribution in [0.3, 0.4) is 0 Å². The van der Waals surface area contributed by atoms with Gasteiger partial charge < -0.3 is 10.5 Å². The molecule has 0 bridgehead atoms. The number of hydrogen-bond donors (Lipinski definition) is 2. The van der Waals surface area contributed by atoms with E-state index in [0.29, 0.717) is 17.3 Å². The molecule has 6 heteroatoms. The molecule has 0 radical (unpaired) electrons. The predicted molar refractivity (Wildman–Crippen MR) is 50.6 cm³/mol. The molecule has 0 spiro atoms. The molecule has 0 atom stereocenters. The van der Waals surface area contributed by atoms with Crippen molar-refractivity contribution < 1.29 is 4.74 Å². The Morgan fingerprint density at radius 1 is 1.43 bits per heavy atom. The predicted octanol–water partition coefficient (Wildman–Crippen LogP) is 0.458. The molecule has 3 N–H and O–H groups in total. The van der Waals surface area contributed by atoms with Gasteiger partial charge in [0.25, 0.3) is 0 Å². The average molecular weight is 191 g/mol. The number of aromatic amines is 1. The number of ether oxygens (including phenoxy) is 1. The van der Waals surface area contributed by atoms with Crippen molar-refractivity contribution in [2.45, 2.75) is 0 Å². The summed E-state index contributed by atoms with van der Waals surface area (Å²) in [5.41, 5.74) is 6.04. The van der Waals surface area contributed by atoms with Gasteiger partial charge in [0.1, 0.15) is 11.4 Å². The smallest absolute Gasteiger partial charge is 0.239 e. The summed E-state index contributed by atoms with van der Waals surface area (Å²) in [5.74, 6) is 1.45. The SMILES string of the molecule is COc1ccc(-c2nc(N)n[nH]2)nc1. The van der Waals surface area contributed by atoms with Crippen molar-refractivity contribution in [2.75, 3.05) is 12.8 Å². The maximum Gasteiger partial charge on any atom is 0.239 e. The lowest BCUT2D eigenvalue weighted by molar-refractivity contribution is 0.413. The Bertz CT molecular complexity index is 422. The Morgan fingerprint density at radius 3 is 2.79 bits per heavy atom. The van der Waals surface area contributed by atoms with Crippen LogP contribution in [-0.4, -0.2) is 27.3 Å². The third kappa shape index (κ3) is 1.49. The van der Waals surface area contributed by atoms with Crippen LogP contribution in [0.2, 0.25) is 0 Å². The second kappa shape index (κ2) is 3.33. The zero-order valence-electron chi connectivity index (χ0n) is 7.56. The molecule has 2 aromatic rings. The van der Waals surface area contributed by atoms with Crippen LogP contribution >= 0.6 is 0 Å². The van der Waals surface area contributed by atoms with Gasteiger partial charge >= 0.3 is 0 Å². The monoisotopic (exact) mass is 191 g/mol. The highest BCUT2D eigenvalue weighted by atomic mass is 16.5. The van der Waals surface area contributed by atoms with E-state index in [4.69, 9.17) is 10.5 Å². The quantitative estimate of drug-likeness (QED) is 0.719. The van der Waals surface area contributed by atoms with Gasteiger partial charge in [-0.25, -0.2) is 4.98 Å². The van der Waals surface area contributed by atoms with Gasteiger partial charge in [0.05, 0.1) is 13.3 Å². The first kappa shape index (κ1) is 8.49. The standard InChI is InChI=1S/C8H9N5O/c1-14-5-2-3-6(10-4-5)7-11-8(9)13-12-7/h2-4H,1H3,(H3,9,11,12,13). The number of pyridine rings is 1. The summed E-state index contributed by atoms with van der Waals surface area (Å²) < 4.78 is 4.98. The maximum atomic E-state index is 5.37. The molecule has 0 unspecified atom stereocenters. The summed E-state index contributed by atoms with van der Waals surface area (Å²) in [5, 5.41) is 6.38. The fraction of sp³-hybridized carbons (Fsp3) is 0.125. The number of nitrogens with one attached hydrogen (secondary N) is 1. The van der Waals surface area contributed by atoms with E-state index in [1.165, 1.54) is 0 Å². The summed E-state index contributed by atoms with van der Waals surface area (Å²) >= 11 is 0. The van der Waals surface area contributed by atoms with Crippen molar-refractivity contribution in [3.05, 3.63) is 18.3 Å². The molecule has 6 nitrogen and oxygen atoms in total. The van der Waals surface area contributed by atoms with Crippen molar-refractivity contribution in [3.8, 4) is 17.3 Å². The molecule has 2 rings (SSSR count). The molecule has 0 aromatic carbocycles. The van der Waals surface area contributed by atoms with Crippen molar-refractivity contribution in [1.82, 2.24) is 20.2 Å². The van der Waals surface area contributed by atoms with E-state index in [2.05, 4.69) is 20.2 Å². The summed E-state index contributed by atoms with van der Waals surface area (Å²) in [4.78, 5) is 8.06. The number of nitrogens with zero attached hydrogens (tertiary/aromatic N) is 3. The molecular formula is C8H9N5O. The second-order valence-electron chi connectivity index (χ2n) is 2.63. The van der Waals surface area contributed by atoms with Crippen LogP contribution in [0.15, 0.2) is 18.3 Å². The van der Waals surface area contributed by atoms with Gasteiger partial charge in [0, 0.05) is 0 Å². The van der Waals surface area contributed by atoms with Gasteiger partial charge in [-0.15, -0.1) is 5.10 Å². The Balaban J connectivity index is 2.33. The zero-order chi connectivity index (χ0) is 9.97. The lowest BCUT2D eigenvalue weighted by Crippen LogP contribution is -1.88. The summed E-state index contributed by atoms with van der Waals surface area (Å²) in [6, 6.07) is 3.57. The fourth-order valence-corrected chi connectivity index (χ4v) is 1.03. The third-order valence-corrected chi connectivity index (χ3v) is 1.72. The second-order valence-corrected chi connectivity index (χ2v) is 2.63. The van der Waals surface area contributed by atoms with Crippen molar-refractivity contribution >= 4 is 5.95 Å². The average Bonchev–Trinajstić information content (AvgIpc) is 2.65. The minimum absolute atomic E-state index is 0.206. The first-order valence-electron chi connectivity index (χ1n) is 3.98. The van der Waals surface area contributed by atoms with E-state index in [1.807, 2.05) is 0 Å². The van der Waals surface area contributed by atoms with Crippen molar-refractivity contribution in [2.24, 2.45) is 0 Å². The number of rotatable bonds is 2. The van der Waals surface area contributed by atoms with E-state index in [0.717, 1.165) is 0 Å². The Labute approximate surface area is 80.1 Å². The van der Waals surface area contributed by atoms with Crippen LogP contribution in [-0.2, 0) is 0 Å². The Hall–Kier alpha value is -2.11. The van der Waals surface area contributed by atoms with E-state index in [1.54, 1.807) is 25.4 Å². The molecule has 0 aliphatic heterocycles. The number of hydrogen-bond acceptors (Lipinski definition) is 5. The summed E-state index contributed by atoms with van der Waals surface area (Å²) in [7, 11) is 1.59. The van der Waals surface area contributed by atoms with Crippen LogP contribution in [0.5, 0.6) is 5.75 Å². The van der Waals surface area contributed by atoms with E-state index in [-0.39, 0.29) is 5.95 Å². The molecule has 0 amide bonds. The molecule has 2 heterocycles. The Morgan fingerprint density at radius 2 is 2.29 bits per heavy atom. The van der Waals surface area contributed by atoms with Gasteiger partial charge in [-0.1, -0.05) is 0 Å². The minimum Gasteiger partial charge on any atom is -0.495 e. The van der Waals surface area contributed by atoms with Gasteiger partial charge in [-0.3, -0.25) is 5.10 Å². The van der Waals surface area contributed by atoms with E-state index in [9.17, 15) is 0 Å². The van der Waals surface area contributed by atoms with Crippen LogP contribution in [0.4, 0.5) is 5.95 Å². The summed E-state index contributed by atoms with van der Waals surface area (Å²) in [6.07, 6.45) is 1.61. The largest absolute Gasteiger partial charge is 0.495 e. The van der Waals surface area contributed by atoms with Crippen LogP contribution in [0.25, 0.3) is 11.5 Å². The molecule has 0 fully saturated rings. The highest BCUT2D eigenvalue weighted by Crippen LogP contribution is 2.15. The molecule has 0 saturated heterocycles. The molecule has 0 saturated carbocycles. The van der Waals surface area contributed by atoms with Crippen molar-refractivity contribution in [3.63, 3.8) is 0 Å². The highest BCUT2D eigenvalue weighted by Gasteiger charge is 2.04. The molecular weight excluding hydrogens is 182 g/mol. The van der Waals surface area contributed by atoms with Crippen molar-refractivity contribution in [1.29, 1.82) is 0 Å². The number of anilines is 1. The van der Waals surface area contributed by atoms with Crippen LogP contribution in [0, 0.1) is 0 Å². The van der Waals surface area contributed by atoms with E-state index >= 15 is 0 Å². The number of methoxy groups -OCH3 is 1. The first-order chi connectivity index (χ1) is 6.79. The molecule has 14 heavy (non-hydrogen) atoms. The first-order valence-corrected chi connectivity index (χ1v) is 3.98. The molecule has 2 aromatic heterocycles. The van der Waals surface area contributed by atoms with Gasteiger partial charge in [-0.05, 0) is 12.1 Å². The summed E-state index contributed by atoms with van der Waals surface area (Å²) in [6.45, 7) is 0. The fourth-order valence-electron chi connectivity index (χ4n) is 1.03. The third-order valence-electron chi connectivity index (χ3n) is 1.72. The molecule has 0 aliphatic rings. The zero-order valence-corrected chi connectivity index (χ0v) is 7.56. The number of nitrogens with two attached hydrogens (primary N) is 1. The number of aromatic nitrogens is 4. The topological polar surface area (TPSA) is 89.7 Å². The molecule has 0 aliphatic carbocycles. The van der Waals surface area contributed by atoms with Crippen LogP contribution < -0.4 is 10.5 Å². The Kier molecular flexibility index (Phi) is 2.02. The maximum absolute atomic E-state index is 5.37. The minimum atomic E-state index is 0.206. The highest BCUT2D eigenvalue weighted by molar-refractivity contribution is 5.50. The van der Waals surface area contributed by atoms with Gasteiger partial charge in [0.15, 0.2) is 5.82 Å². The normalized spacial score (nSPS) is 10.1. The van der Waals surface area contributed by atoms with E-state index < -0.39 is 0 Å². The lowest BCUT2D eigenvalue weighted by atomic mass is 10.3. The number of H-pyrrole nitrogens is 1. The lowest BCUT2D eigenvalue weighted by Gasteiger charge is -1.98. The van der Waals surface area contributed by atoms with Crippen LogP contribution in [0.1, 0.15) is 0 Å².